The van der Waals surface area contributed by atoms with Gasteiger partial charge < -0.3 is 20.1 Å². The van der Waals surface area contributed by atoms with E-state index < -0.39 is 0 Å². The van der Waals surface area contributed by atoms with Gasteiger partial charge in [0.25, 0.3) is 0 Å². The summed E-state index contributed by atoms with van der Waals surface area (Å²) in [4.78, 5) is 14.3. The molecule has 2 rings (SSSR count). The average molecular weight is 239 g/mol. The molecule has 0 bridgehead atoms. The maximum absolute atomic E-state index is 5.64. The van der Waals surface area contributed by atoms with E-state index in [1.165, 1.54) is 0 Å². The molecule has 1 aliphatic heterocycles. The van der Waals surface area contributed by atoms with Crippen molar-refractivity contribution in [2.75, 3.05) is 36.9 Å². The van der Waals surface area contributed by atoms with E-state index in [0.717, 1.165) is 13.1 Å². The van der Waals surface area contributed by atoms with E-state index in [-0.39, 0.29) is 18.1 Å². The molecule has 1 aliphatic rings. The second-order valence-electron chi connectivity index (χ2n) is 4.04. The van der Waals surface area contributed by atoms with Crippen LogP contribution in [0.4, 0.5) is 11.9 Å². The first-order chi connectivity index (χ1) is 8.15. The topological polar surface area (TPSA) is 86.4 Å². The SMILES string of the molecule is CC(C)Oc1nc(N)nc(N2CCOCC2)n1. The summed E-state index contributed by atoms with van der Waals surface area (Å²) < 4.78 is 10.7. The Hall–Kier alpha value is -1.63. The lowest BCUT2D eigenvalue weighted by Gasteiger charge is -2.26. The number of rotatable bonds is 3. The van der Waals surface area contributed by atoms with Crippen LogP contribution in [0.1, 0.15) is 13.8 Å². The highest BCUT2D eigenvalue weighted by molar-refractivity contribution is 5.36. The van der Waals surface area contributed by atoms with Gasteiger partial charge in [-0.25, -0.2) is 0 Å². The predicted octanol–water partition coefficient (Wildman–Crippen LogP) is 0.0776. The van der Waals surface area contributed by atoms with Gasteiger partial charge in [0.2, 0.25) is 11.9 Å². The van der Waals surface area contributed by atoms with Crippen molar-refractivity contribution >= 4 is 11.9 Å². The lowest BCUT2D eigenvalue weighted by atomic mass is 10.4. The molecule has 7 nitrogen and oxygen atoms in total. The third-order valence-electron chi connectivity index (χ3n) is 2.26. The number of ether oxygens (including phenoxy) is 2. The number of aromatic nitrogens is 3. The van der Waals surface area contributed by atoms with Gasteiger partial charge in [0.15, 0.2) is 0 Å². The van der Waals surface area contributed by atoms with Crippen LogP contribution in [-0.4, -0.2) is 47.4 Å². The number of nitrogen functional groups attached to an aromatic ring is 1. The van der Waals surface area contributed by atoms with Gasteiger partial charge in [0.1, 0.15) is 0 Å². The Bertz CT molecular complexity index is 379. The highest BCUT2D eigenvalue weighted by Gasteiger charge is 2.16. The Morgan fingerprint density at radius 3 is 2.59 bits per heavy atom. The third kappa shape index (κ3) is 3.16. The fourth-order valence-corrected chi connectivity index (χ4v) is 1.53. The summed E-state index contributed by atoms with van der Waals surface area (Å²) in [6.45, 7) is 6.68. The molecule has 1 aromatic rings. The maximum atomic E-state index is 5.64. The van der Waals surface area contributed by atoms with E-state index in [1.807, 2.05) is 18.7 Å². The number of morpholine rings is 1. The van der Waals surface area contributed by atoms with Crippen molar-refractivity contribution in [1.29, 1.82) is 0 Å². The largest absolute Gasteiger partial charge is 0.461 e. The second-order valence-corrected chi connectivity index (χ2v) is 4.04. The Labute approximate surface area is 100.0 Å². The smallest absolute Gasteiger partial charge is 0.323 e. The number of nitrogens with two attached hydrogens (primary N) is 1. The molecule has 1 aromatic heterocycles. The van der Waals surface area contributed by atoms with Gasteiger partial charge in [-0.05, 0) is 13.8 Å². The minimum atomic E-state index is 0.00865. The van der Waals surface area contributed by atoms with Crippen LogP contribution in [-0.2, 0) is 4.74 Å². The van der Waals surface area contributed by atoms with Crippen molar-refractivity contribution in [3.8, 4) is 6.01 Å². The van der Waals surface area contributed by atoms with Crippen LogP contribution in [0, 0.1) is 0 Å². The summed E-state index contributed by atoms with van der Waals surface area (Å²) in [5.41, 5.74) is 5.64. The van der Waals surface area contributed by atoms with E-state index in [0.29, 0.717) is 19.2 Å². The minimum Gasteiger partial charge on any atom is -0.461 e. The van der Waals surface area contributed by atoms with Crippen molar-refractivity contribution in [1.82, 2.24) is 15.0 Å². The second kappa shape index (κ2) is 5.13. The van der Waals surface area contributed by atoms with Crippen LogP contribution < -0.4 is 15.4 Å². The summed E-state index contributed by atoms with van der Waals surface area (Å²) in [5, 5.41) is 0. The van der Waals surface area contributed by atoms with E-state index in [9.17, 15) is 0 Å². The summed E-state index contributed by atoms with van der Waals surface area (Å²) in [5.74, 6) is 0.730. The molecule has 0 aliphatic carbocycles. The van der Waals surface area contributed by atoms with E-state index >= 15 is 0 Å². The van der Waals surface area contributed by atoms with Gasteiger partial charge in [0.05, 0.1) is 19.3 Å². The van der Waals surface area contributed by atoms with E-state index in [4.69, 9.17) is 15.2 Å². The lowest BCUT2D eigenvalue weighted by molar-refractivity contribution is 0.121. The van der Waals surface area contributed by atoms with Gasteiger partial charge in [0, 0.05) is 13.1 Å². The summed E-state index contributed by atoms with van der Waals surface area (Å²) in [6.07, 6.45) is 0.00865. The van der Waals surface area contributed by atoms with E-state index in [1.54, 1.807) is 0 Å². The standard InChI is InChI=1S/C10H17N5O2/c1-7(2)17-10-13-8(11)12-9(14-10)15-3-5-16-6-4-15/h7H,3-6H2,1-2H3,(H2,11,12,13,14). The zero-order chi connectivity index (χ0) is 12.3. The number of hydrogen-bond donors (Lipinski definition) is 1. The molecule has 0 amide bonds. The maximum Gasteiger partial charge on any atom is 0.323 e. The van der Waals surface area contributed by atoms with Crippen molar-refractivity contribution in [3.63, 3.8) is 0 Å². The molecular weight excluding hydrogens is 222 g/mol. The van der Waals surface area contributed by atoms with Crippen molar-refractivity contribution in [2.24, 2.45) is 0 Å². The zero-order valence-corrected chi connectivity index (χ0v) is 10.1. The van der Waals surface area contributed by atoms with Gasteiger partial charge in [-0.1, -0.05) is 0 Å². The molecule has 0 aromatic carbocycles. The van der Waals surface area contributed by atoms with Crippen LogP contribution in [0.15, 0.2) is 0 Å². The van der Waals surface area contributed by atoms with Crippen molar-refractivity contribution < 1.29 is 9.47 Å². The molecule has 2 heterocycles. The molecule has 94 valence electrons. The lowest BCUT2D eigenvalue weighted by Crippen LogP contribution is -2.37. The normalized spacial score (nSPS) is 16.3. The number of hydrogen-bond acceptors (Lipinski definition) is 7. The molecule has 1 saturated heterocycles. The fourth-order valence-electron chi connectivity index (χ4n) is 1.53. The van der Waals surface area contributed by atoms with Crippen molar-refractivity contribution in [3.05, 3.63) is 0 Å². The molecule has 0 spiro atoms. The Morgan fingerprint density at radius 2 is 1.94 bits per heavy atom. The first-order valence-electron chi connectivity index (χ1n) is 5.66. The molecule has 1 fully saturated rings. The Kier molecular flexibility index (Phi) is 3.58. The summed E-state index contributed by atoms with van der Waals surface area (Å²) in [7, 11) is 0. The van der Waals surface area contributed by atoms with Crippen molar-refractivity contribution in [2.45, 2.75) is 20.0 Å². The average Bonchev–Trinajstić information content (AvgIpc) is 2.28. The molecule has 2 N–H and O–H groups in total. The van der Waals surface area contributed by atoms with Gasteiger partial charge in [-0.15, -0.1) is 0 Å². The molecule has 17 heavy (non-hydrogen) atoms. The molecule has 7 heteroatoms. The molecule has 0 atom stereocenters. The van der Waals surface area contributed by atoms with Gasteiger partial charge in [-0.2, -0.15) is 15.0 Å². The molecular formula is C10H17N5O2. The van der Waals surface area contributed by atoms with Crippen LogP contribution in [0.3, 0.4) is 0 Å². The van der Waals surface area contributed by atoms with Crippen LogP contribution >= 0.6 is 0 Å². The monoisotopic (exact) mass is 239 g/mol. The van der Waals surface area contributed by atoms with Crippen LogP contribution in [0.5, 0.6) is 6.01 Å². The number of anilines is 2. The predicted molar refractivity (Wildman–Crippen MR) is 63.0 cm³/mol. The zero-order valence-electron chi connectivity index (χ0n) is 10.1. The quantitative estimate of drug-likeness (QED) is 0.799. The highest BCUT2D eigenvalue weighted by Crippen LogP contribution is 2.15. The summed E-state index contributed by atoms with van der Waals surface area (Å²) in [6, 6.07) is 0.272. The Balaban J connectivity index is 2.18. The van der Waals surface area contributed by atoms with Crippen LogP contribution in [0.2, 0.25) is 0 Å². The summed E-state index contributed by atoms with van der Waals surface area (Å²) >= 11 is 0. The Morgan fingerprint density at radius 1 is 1.24 bits per heavy atom. The third-order valence-corrected chi connectivity index (χ3v) is 2.26. The first-order valence-corrected chi connectivity index (χ1v) is 5.66. The minimum absolute atomic E-state index is 0.00865. The van der Waals surface area contributed by atoms with Gasteiger partial charge >= 0.3 is 6.01 Å². The first kappa shape index (κ1) is 11.8. The van der Waals surface area contributed by atoms with Gasteiger partial charge in [-0.3, -0.25) is 0 Å². The highest BCUT2D eigenvalue weighted by atomic mass is 16.5. The number of nitrogens with zero attached hydrogens (tertiary/aromatic N) is 4. The van der Waals surface area contributed by atoms with Crippen LogP contribution in [0.25, 0.3) is 0 Å². The molecule has 0 unspecified atom stereocenters. The van der Waals surface area contributed by atoms with E-state index in [2.05, 4.69) is 15.0 Å². The molecule has 0 saturated carbocycles. The molecule has 0 radical (unpaired) electrons. The fraction of sp³-hybridized carbons (Fsp3) is 0.700.